The molecule has 1 saturated heterocycles. The Hall–Kier alpha value is -1.85. The molecule has 2 aliphatic rings. The highest BCUT2D eigenvalue weighted by Crippen LogP contribution is 2.39. The number of nitrogens with one attached hydrogen (secondary N) is 1. The van der Waals surface area contributed by atoms with Crippen LogP contribution in [-0.2, 0) is 25.3 Å². The Kier molecular flexibility index (Phi) is 6.84. The number of carbonyl (C=O) groups is 2. The van der Waals surface area contributed by atoms with E-state index in [9.17, 15) is 18.4 Å². The van der Waals surface area contributed by atoms with Crippen molar-refractivity contribution in [2.75, 3.05) is 5.75 Å². The van der Waals surface area contributed by atoms with Crippen molar-refractivity contribution in [3.05, 3.63) is 29.3 Å². The number of esters is 1. The number of hydrogen-bond donors (Lipinski definition) is 1. The van der Waals surface area contributed by atoms with Crippen molar-refractivity contribution in [2.45, 2.75) is 76.7 Å². The van der Waals surface area contributed by atoms with Crippen LogP contribution >= 0.6 is 11.8 Å². The number of cyclic esters (lactones) is 1. The number of para-hydroxylation sites is 1. The summed E-state index contributed by atoms with van der Waals surface area (Å²) in [5.41, 5.74) is -0.407. The summed E-state index contributed by atoms with van der Waals surface area (Å²) in [5, 5.41) is 2.76. The first-order valence-corrected chi connectivity index (χ1v) is 11.3. The highest BCUT2D eigenvalue weighted by atomic mass is 32.2. The molecule has 0 aliphatic carbocycles. The van der Waals surface area contributed by atoms with Gasteiger partial charge in [0.25, 0.3) is 5.76 Å². The van der Waals surface area contributed by atoms with E-state index >= 15 is 0 Å². The number of hydrogen-bond acceptors (Lipinski definition) is 7. The van der Waals surface area contributed by atoms with Gasteiger partial charge in [-0.25, -0.2) is 4.79 Å². The molecule has 2 aliphatic heterocycles. The second-order valence-corrected chi connectivity index (χ2v) is 10.2. The van der Waals surface area contributed by atoms with Gasteiger partial charge in [-0.05, 0) is 45.7 Å². The molecule has 176 valence electrons. The van der Waals surface area contributed by atoms with Crippen LogP contribution < -0.4 is 10.1 Å². The van der Waals surface area contributed by atoms with E-state index in [1.54, 1.807) is 32.0 Å². The van der Waals surface area contributed by atoms with Gasteiger partial charge in [-0.1, -0.05) is 23.9 Å². The predicted octanol–water partition coefficient (Wildman–Crippen LogP) is 3.59. The summed E-state index contributed by atoms with van der Waals surface area (Å²) in [6.07, 6.45) is 0.189. The summed E-state index contributed by atoms with van der Waals surface area (Å²) < 4.78 is 48.5. The quantitative estimate of drug-likeness (QED) is 0.481. The number of alkyl halides is 2. The SMILES string of the molecule is CC1(C)OC(=O)c2cccc(C[C@H](NC(=O)CSC(F)F)B3OC(C)(C)C(C)(C)O3)c2O1. The maximum atomic E-state index is 12.6. The molecule has 7 nitrogen and oxygen atoms in total. The lowest BCUT2D eigenvalue weighted by Crippen LogP contribution is -2.50. The zero-order valence-corrected chi connectivity index (χ0v) is 19.8. The molecule has 2 heterocycles. The minimum atomic E-state index is -2.65. The van der Waals surface area contributed by atoms with E-state index < -0.39 is 53.4 Å². The Labute approximate surface area is 191 Å². The van der Waals surface area contributed by atoms with Crippen LogP contribution in [0.1, 0.15) is 57.5 Å². The first-order valence-electron chi connectivity index (χ1n) is 10.3. The van der Waals surface area contributed by atoms with Crippen LogP contribution in [0.3, 0.4) is 0 Å². The number of carbonyl (C=O) groups excluding carboxylic acids is 2. The molecule has 0 spiro atoms. The third-order valence-corrected chi connectivity index (χ3v) is 6.41. The number of fused-ring (bicyclic) bond motifs is 1. The number of ether oxygens (including phenoxy) is 2. The summed E-state index contributed by atoms with van der Waals surface area (Å²) in [6, 6.07) is 5.05. The van der Waals surface area contributed by atoms with Gasteiger partial charge in [0.15, 0.2) is 0 Å². The molecule has 0 unspecified atom stereocenters. The number of benzene rings is 1. The number of thioether (sulfide) groups is 1. The van der Waals surface area contributed by atoms with E-state index in [-0.39, 0.29) is 23.7 Å². The van der Waals surface area contributed by atoms with Crippen molar-refractivity contribution in [3.63, 3.8) is 0 Å². The highest BCUT2D eigenvalue weighted by Gasteiger charge is 2.54. The number of amides is 1. The van der Waals surface area contributed by atoms with Crippen molar-refractivity contribution >= 4 is 30.8 Å². The van der Waals surface area contributed by atoms with Gasteiger partial charge in [0.2, 0.25) is 11.7 Å². The van der Waals surface area contributed by atoms with Gasteiger partial charge in [0.1, 0.15) is 11.3 Å². The first kappa shape index (κ1) is 24.8. The van der Waals surface area contributed by atoms with Crippen molar-refractivity contribution in [3.8, 4) is 5.75 Å². The maximum Gasteiger partial charge on any atom is 0.482 e. The van der Waals surface area contributed by atoms with Crippen LogP contribution in [0.5, 0.6) is 5.75 Å². The molecular formula is C21H28BF2NO6S. The molecule has 1 aromatic carbocycles. The van der Waals surface area contributed by atoms with E-state index in [0.29, 0.717) is 11.3 Å². The molecule has 11 heteroatoms. The Bertz CT molecular complexity index is 879. The van der Waals surface area contributed by atoms with E-state index in [4.69, 9.17) is 18.8 Å². The van der Waals surface area contributed by atoms with Crippen LogP contribution in [0.25, 0.3) is 0 Å². The normalized spacial score (nSPS) is 21.5. The molecule has 32 heavy (non-hydrogen) atoms. The smallest absolute Gasteiger partial charge is 0.452 e. The molecule has 1 N–H and O–H groups in total. The van der Waals surface area contributed by atoms with Gasteiger partial charge in [-0.2, -0.15) is 8.78 Å². The Morgan fingerprint density at radius 1 is 1.09 bits per heavy atom. The second-order valence-electron chi connectivity index (χ2n) is 9.26. The first-order chi connectivity index (χ1) is 14.7. The summed E-state index contributed by atoms with van der Waals surface area (Å²) in [6.45, 7) is 10.8. The largest absolute Gasteiger partial charge is 0.482 e. The molecule has 0 saturated carbocycles. The topological polar surface area (TPSA) is 83.1 Å². The van der Waals surface area contributed by atoms with Crippen molar-refractivity contribution in [1.29, 1.82) is 0 Å². The molecule has 1 amide bonds. The third kappa shape index (κ3) is 5.37. The van der Waals surface area contributed by atoms with E-state index in [1.165, 1.54) is 0 Å². The molecule has 1 aromatic rings. The van der Waals surface area contributed by atoms with Crippen molar-refractivity contribution in [2.24, 2.45) is 0 Å². The van der Waals surface area contributed by atoms with Gasteiger partial charge < -0.3 is 24.1 Å². The Balaban J connectivity index is 1.89. The van der Waals surface area contributed by atoms with Crippen LogP contribution in [0.15, 0.2) is 18.2 Å². The van der Waals surface area contributed by atoms with Crippen LogP contribution in [0, 0.1) is 0 Å². The molecule has 0 bridgehead atoms. The zero-order chi connectivity index (χ0) is 23.9. The molecule has 0 radical (unpaired) electrons. The fraction of sp³-hybridized carbons (Fsp3) is 0.619. The predicted molar refractivity (Wildman–Crippen MR) is 117 cm³/mol. The minimum Gasteiger partial charge on any atom is -0.452 e. The van der Waals surface area contributed by atoms with Gasteiger partial charge in [0.05, 0.1) is 22.9 Å². The van der Waals surface area contributed by atoms with Gasteiger partial charge in [-0.3, -0.25) is 4.79 Å². The summed E-state index contributed by atoms with van der Waals surface area (Å²) in [5.74, 6) is -5.65. The second kappa shape index (κ2) is 8.83. The molecule has 1 fully saturated rings. The lowest BCUT2D eigenvalue weighted by molar-refractivity contribution is -0.128. The zero-order valence-electron chi connectivity index (χ0n) is 19.0. The summed E-state index contributed by atoms with van der Waals surface area (Å²) in [7, 11) is -0.833. The van der Waals surface area contributed by atoms with Crippen LogP contribution in [0.2, 0.25) is 0 Å². The van der Waals surface area contributed by atoms with E-state index in [0.717, 1.165) is 0 Å². The van der Waals surface area contributed by atoms with Gasteiger partial charge in [-0.15, -0.1) is 0 Å². The average Bonchev–Trinajstić information content (AvgIpc) is 2.86. The molecule has 3 rings (SSSR count). The number of rotatable bonds is 7. The fourth-order valence-corrected chi connectivity index (χ4v) is 3.82. The minimum absolute atomic E-state index is 0.189. The van der Waals surface area contributed by atoms with Crippen molar-refractivity contribution in [1.82, 2.24) is 5.32 Å². The van der Waals surface area contributed by atoms with E-state index in [2.05, 4.69) is 5.32 Å². The Morgan fingerprint density at radius 3 is 2.31 bits per heavy atom. The lowest BCUT2D eigenvalue weighted by Gasteiger charge is -2.33. The lowest BCUT2D eigenvalue weighted by atomic mass is 9.74. The molecule has 0 aromatic heterocycles. The maximum absolute atomic E-state index is 12.6. The van der Waals surface area contributed by atoms with Crippen LogP contribution in [-0.4, -0.2) is 53.4 Å². The van der Waals surface area contributed by atoms with Gasteiger partial charge in [0, 0.05) is 13.8 Å². The molecule has 1 atom stereocenters. The monoisotopic (exact) mass is 471 g/mol. The highest BCUT2D eigenvalue weighted by molar-refractivity contribution is 8.00. The third-order valence-electron chi connectivity index (χ3n) is 5.73. The summed E-state index contributed by atoms with van der Waals surface area (Å²) >= 11 is 0.240. The van der Waals surface area contributed by atoms with Crippen molar-refractivity contribution < 1.29 is 37.2 Å². The van der Waals surface area contributed by atoms with Crippen LogP contribution in [0.4, 0.5) is 8.78 Å². The number of halogens is 2. The fourth-order valence-electron chi connectivity index (χ4n) is 3.46. The average molecular weight is 471 g/mol. The van der Waals surface area contributed by atoms with E-state index in [1.807, 2.05) is 27.7 Å². The summed E-state index contributed by atoms with van der Waals surface area (Å²) in [4.78, 5) is 24.8. The Morgan fingerprint density at radius 2 is 1.72 bits per heavy atom. The van der Waals surface area contributed by atoms with Gasteiger partial charge >= 0.3 is 13.1 Å². The molecular weight excluding hydrogens is 443 g/mol. The standard InChI is InChI=1S/C21H28BF2NO6S/c1-19(2)20(3,4)31-22(30-19)14(25-15(26)11-32-18(23)24)10-12-8-7-9-13-16(12)28-21(5,6)29-17(13)27/h7-9,14,18H,10-11H2,1-6H3,(H,25,26)/t14-/m0/s1.